The van der Waals surface area contributed by atoms with Gasteiger partial charge in [-0.1, -0.05) is 0 Å². The van der Waals surface area contributed by atoms with Gasteiger partial charge in [-0.25, -0.2) is 10.7 Å². The molecular formula is C12H24N2O3. The lowest BCUT2D eigenvalue weighted by molar-refractivity contribution is -0.0363. The lowest BCUT2D eigenvalue weighted by atomic mass is 9.99. The highest BCUT2D eigenvalue weighted by Crippen LogP contribution is 2.23. The Labute approximate surface area is 103 Å². The Morgan fingerprint density at radius 3 is 2.59 bits per heavy atom. The van der Waals surface area contributed by atoms with E-state index in [2.05, 4.69) is 0 Å². The fourth-order valence-corrected chi connectivity index (χ4v) is 2.08. The fourth-order valence-electron chi connectivity index (χ4n) is 2.08. The van der Waals surface area contributed by atoms with Crippen LogP contribution in [0.2, 0.25) is 0 Å². The van der Waals surface area contributed by atoms with E-state index >= 15 is 0 Å². The normalized spacial score (nSPS) is 23.4. The number of nitrogens with two attached hydrogens (primary N) is 1. The number of ether oxygens (including phenoxy) is 1. The van der Waals surface area contributed by atoms with Crippen molar-refractivity contribution in [2.45, 2.75) is 64.7 Å². The van der Waals surface area contributed by atoms with Crippen LogP contribution in [0.3, 0.4) is 0 Å². The lowest BCUT2D eigenvalue weighted by Crippen LogP contribution is -2.51. The van der Waals surface area contributed by atoms with E-state index < -0.39 is 5.60 Å². The minimum Gasteiger partial charge on any atom is -0.444 e. The van der Waals surface area contributed by atoms with Crippen LogP contribution < -0.4 is 5.90 Å². The monoisotopic (exact) mass is 244 g/mol. The number of nitrogens with zero attached hydrogens (tertiary/aromatic N) is 1. The zero-order valence-corrected chi connectivity index (χ0v) is 11.2. The van der Waals surface area contributed by atoms with Crippen molar-refractivity contribution >= 4 is 6.09 Å². The summed E-state index contributed by atoms with van der Waals surface area (Å²) in [6.07, 6.45) is 2.58. The SMILES string of the molecule is CC(ON)C1CCCCN1C(=O)OC(C)(C)C. The third-order valence-corrected chi connectivity index (χ3v) is 2.93. The minimum absolute atomic E-state index is 0.0172. The number of carbonyl (C=O) groups is 1. The van der Waals surface area contributed by atoms with E-state index in [4.69, 9.17) is 15.5 Å². The van der Waals surface area contributed by atoms with Crippen LogP contribution in [-0.4, -0.2) is 35.3 Å². The molecule has 0 aromatic carbocycles. The van der Waals surface area contributed by atoms with Crippen molar-refractivity contribution in [3.05, 3.63) is 0 Å². The molecule has 2 unspecified atom stereocenters. The van der Waals surface area contributed by atoms with Gasteiger partial charge in [0.2, 0.25) is 0 Å². The predicted octanol–water partition coefficient (Wildman–Crippen LogP) is 2.05. The van der Waals surface area contributed by atoms with Crippen molar-refractivity contribution < 1.29 is 14.4 Å². The average molecular weight is 244 g/mol. The molecule has 0 radical (unpaired) electrons. The molecule has 0 spiro atoms. The molecule has 17 heavy (non-hydrogen) atoms. The molecule has 1 aliphatic rings. The van der Waals surface area contributed by atoms with E-state index in [9.17, 15) is 4.79 Å². The molecule has 0 aromatic heterocycles. The minimum atomic E-state index is -0.466. The number of hydrogen-bond acceptors (Lipinski definition) is 4. The largest absolute Gasteiger partial charge is 0.444 e. The summed E-state index contributed by atoms with van der Waals surface area (Å²) in [6.45, 7) is 8.20. The van der Waals surface area contributed by atoms with Gasteiger partial charge in [0.15, 0.2) is 0 Å². The van der Waals surface area contributed by atoms with Gasteiger partial charge in [0.25, 0.3) is 0 Å². The Balaban J connectivity index is 2.67. The number of amides is 1. The number of piperidine rings is 1. The summed E-state index contributed by atoms with van der Waals surface area (Å²) < 4.78 is 5.39. The van der Waals surface area contributed by atoms with Crippen LogP contribution in [0.5, 0.6) is 0 Å². The Bertz CT molecular complexity index is 263. The second kappa shape index (κ2) is 5.69. The third-order valence-electron chi connectivity index (χ3n) is 2.93. The molecule has 1 rings (SSSR count). The Morgan fingerprint density at radius 1 is 1.41 bits per heavy atom. The van der Waals surface area contributed by atoms with Gasteiger partial charge in [-0.05, 0) is 47.0 Å². The first-order valence-corrected chi connectivity index (χ1v) is 6.20. The Kier molecular flexibility index (Phi) is 4.77. The summed E-state index contributed by atoms with van der Waals surface area (Å²) in [5.41, 5.74) is -0.466. The molecule has 2 atom stereocenters. The molecule has 0 aliphatic carbocycles. The topological polar surface area (TPSA) is 64.8 Å². The second-order valence-electron chi connectivity index (χ2n) is 5.58. The zero-order valence-electron chi connectivity index (χ0n) is 11.2. The first kappa shape index (κ1) is 14.3. The highest BCUT2D eigenvalue weighted by atomic mass is 16.6. The van der Waals surface area contributed by atoms with E-state index in [1.807, 2.05) is 27.7 Å². The quantitative estimate of drug-likeness (QED) is 0.755. The maximum Gasteiger partial charge on any atom is 0.410 e. The van der Waals surface area contributed by atoms with E-state index in [-0.39, 0.29) is 18.2 Å². The summed E-state index contributed by atoms with van der Waals surface area (Å²) in [7, 11) is 0. The standard InChI is InChI=1S/C12H24N2O3/c1-9(17-13)10-7-5-6-8-14(10)11(15)16-12(2,3)4/h9-10H,5-8,13H2,1-4H3. The molecule has 5 heteroatoms. The van der Waals surface area contributed by atoms with E-state index in [1.54, 1.807) is 4.90 Å². The summed E-state index contributed by atoms with van der Waals surface area (Å²) >= 11 is 0. The van der Waals surface area contributed by atoms with Crippen LogP contribution in [0, 0.1) is 0 Å². The first-order chi connectivity index (χ1) is 7.85. The summed E-state index contributed by atoms with van der Waals surface area (Å²) in [6, 6.07) is 0.0172. The molecule has 1 heterocycles. The molecular weight excluding hydrogens is 220 g/mol. The first-order valence-electron chi connectivity index (χ1n) is 6.20. The summed E-state index contributed by atoms with van der Waals surface area (Å²) in [5, 5.41) is 0. The Hall–Kier alpha value is -0.810. The van der Waals surface area contributed by atoms with Gasteiger partial charge in [-0.3, -0.25) is 4.84 Å². The molecule has 1 saturated heterocycles. The average Bonchev–Trinajstić information content (AvgIpc) is 2.25. The third kappa shape index (κ3) is 4.16. The van der Waals surface area contributed by atoms with Crippen molar-refractivity contribution in [1.82, 2.24) is 4.90 Å². The van der Waals surface area contributed by atoms with Crippen molar-refractivity contribution in [3.63, 3.8) is 0 Å². The molecule has 2 N–H and O–H groups in total. The van der Waals surface area contributed by atoms with Crippen LogP contribution >= 0.6 is 0 Å². The molecule has 100 valence electrons. The molecule has 1 aliphatic heterocycles. The lowest BCUT2D eigenvalue weighted by Gasteiger charge is -2.38. The van der Waals surface area contributed by atoms with Crippen LogP contribution in [0.4, 0.5) is 4.79 Å². The van der Waals surface area contributed by atoms with Crippen LogP contribution in [-0.2, 0) is 9.57 Å². The maximum absolute atomic E-state index is 12.1. The van der Waals surface area contributed by atoms with Crippen molar-refractivity contribution in [2.75, 3.05) is 6.54 Å². The molecule has 1 amide bonds. The van der Waals surface area contributed by atoms with Gasteiger partial charge in [0, 0.05) is 6.54 Å². The van der Waals surface area contributed by atoms with Gasteiger partial charge in [-0.2, -0.15) is 0 Å². The molecule has 1 fully saturated rings. The van der Waals surface area contributed by atoms with Crippen LogP contribution in [0.25, 0.3) is 0 Å². The molecule has 5 nitrogen and oxygen atoms in total. The van der Waals surface area contributed by atoms with Gasteiger partial charge in [-0.15, -0.1) is 0 Å². The molecule has 0 saturated carbocycles. The number of hydrogen-bond donors (Lipinski definition) is 1. The maximum atomic E-state index is 12.1. The van der Waals surface area contributed by atoms with Crippen molar-refractivity contribution in [2.24, 2.45) is 5.90 Å². The molecule has 0 bridgehead atoms. The molecule has 0 aromatic rings. The van der Waals surface area contributed by atoms with E-state index in [0.29, 0.717) is 6.54 Å². The smallest absolute Gasteiger partial charge is 0.410 e. The van der Waals surface area contributed by atoms with Crippen molar-refractivity contribution in [1.29, 1.82) is 0 Å². The van der Waals surface area contributed by atoms with Crippen LogP contribution in [0.15, 0.2) is 0 Å². The number of likely N-dealkylation sites (tertiary alicyclic amines) is 1. The van der Waals surface area contributed by atoms with Gasteiger partial charge in [0.05, 0.1) is 12.1 Å². The summed E-state index contributed by atoms with van der Waals surface area (Å²) in [4.78, 5) is 18.6. The van der Waals surface area contributed by atoms with Crippen LogP contribution in [0.1, 0.15) is 47.0 Å². The Morgan fingerprint density at radius 2 is 2.06 bits per heavy atom. The number of carbonyl (C=O) groups excluding carboxylic acids is 1. The summed E-state index contributed by atoms with van der Waals surface area (Å²) in [5.74, 6) is 5.21. The van der Waals surface area contributed by atoms with Gasteiger partial charge >= 0.3 is 6.09 Å². The van der Waals surface area contributed by atoms with Gasteiger partial charge in [0.1, 0.15) is 5.60 Å². The highest BCUT2D eigenvalue weighted by molar-refractivity contribution is 5.68. The van der Waals surface area contributed by atoms with E-state index in [1.165, 1.54) is 0 Å². The van der Waals surface area contributed by atoms with E-state index in [0.717, 1.165) is 19.3 Å². The van der Waals surface area contributed by atoms with Crippen molar-refractivity contribution in [3.8, 4) is 0 Å². The van der Waals surface area contributed by atoms with Gasteiger partial charge < -0.3 is 9.64 Å². The predicted molar refractivity (Wildman–Crippen MR) is 65.3 cm³/mol. The second-order valence-corrected chi connectivity index (χ2v) is 5.58. The number of rotatable bonds is 2. The zero-order chi connectivity index (χ0) is 13.1. The fraction of sp³-hybridized carbons (Fsp3) is 0.917. The highest BCUT2D eigenvalue weighted by Gasteiger charge is 2.33.